The van der Waals surface area contributed by atoms with Crippen molar-refractivity contribution in [3.05, 3.63) is 52.5 Å². The van der Waals surface area contributed by atoms with Gasteiger partial charge in [0.1, 0.15) is 0 Å². The van der Waals surface area contributed by atoms with E-state index in [0.29, 0.717) is 5.69 Å². The number of carbonyl (C=O) groups is 1. The summed E-state index contributed by atoms with van der Waals surface area (Å²) in [6.07, 6.45) is 0. The van der Waals surface area contributed by atoms with Crippen LogP contribution in [0.3, 0.4) is 0 Å². The minimum atomic E-state index is -3.78. The van der Waals surface area contributed by atoms with Gasteiger partial charge in [0.05, 0.1) is 26.7 Å². The molecule has 0 aliphatic carbocycles. The predicted octanol–water partition coefficient (Wildman–Crippen LogP) is 3.14. The molecule has 136 valence electrons. The fourth-order valence-corrected chi connectivity index (χ4v) is 4.45. The summed E-state index contributed by atoms with van der Waals surface area (Å²) in [5.41, 5.74) is 3.37. The maximum Gasteiger partial charge on any atom is 0.241 e. The molecule has 1 aromatic heterocycles. The molecule has 0 atom stereocenters. The first kappa shape index (κ1) is 18.5. The number of anilines is 1. The van der Waals surface area contributed by atoms with Crippen LogP contribution in [0, 0.1) is 20.8 Å². The predicted molar refractivity (Wildman–Crippen MR) is 104 cm³/mol. The Morgan fingerprint density at radius 2 is 1.88 bits per heavy atom. The van der Waals surface area contributed by atoms with Gasteiger partial charge in [-0.05, 0) is 56.2 Å². The number of hydrogen-bond donors (Lipinski definition) is 2. The molecule has 0 bridgehead atoms. The fraction of sp³-hybridized carbons (Fsp3) is 0.222. The number of aryl methyl sites for hydroxylation is 3. The molecule has 1 amide bonds. The van der Waals surface area contributed by atoms with Crippen molar-refractivity contribution < 1.29 is 13.2 Å². The Balaban J connectivity index is 1.70. The number of aromatic nitrogens is 1. The molecule has 26 heavy (non-hydrogen) atoms. The first-order valence-corrected chi connectivity index (χ1v) is 10.3. The zero-order valence-corrected chi connectivity index (χ0v) is 16.3. The van der Waals surface area contributed by atoms with Gasteiger partial charge in [-0.2, -0.15) is 0 Å². The summed E-state index contributed by atoms with van der Waals surface area (Å²) >= 11 is 1.43. The van der Waals surface area contributed by atoms with E-state index >= 15 is 0 Å². The summed E-state index contributed by atoms with van der Waals surface area (Å²) < 4.78 is 28.0. The smallest absolute Gasteiger partial charge is 0.241 e. The molecule has 0 unspecified atom stereocenters. The molecule has 0 saturated heterocycles. The number of hydrogen-bond acceptors (Lipinski definition) is 5. The summed E-state index contributed by atoms with van der Waals surface area (Å²) in [6.45, 7) is 5.34. The Bertz CT molecular complexity index is 1090. The van der Waals surface area contributed by atoms with Crippen molar-refractivity contribution >= 4 is 43.2 Å². The number of carbonyl (C=O) groups excluding carboxylic acids is 1. The summed E-state index contributed by atoms with van der Waals surface area (Å²) in [5, 5.41) is 3.60. The van der Waals surface area contributed by atoms with E-state index in [2.05, 4.69) is 15.0 Å². The summed E-state index contributed by atoms with van der Waals surface area (Å²) in [6, 6.07) is 10.4. The van der Waals surface area contributed by atoms with Gasteiger partial charge in [-0.25, -0.2) is 18.1 Å². The first-order valence-electron chi connectivity index (χ1n) is 7.98. The first-order chi connectivity index (χ1) is 12.2. The second-order valence-electron chi connectivity index (χ2n) is 6.05. The van der Waals surface area contributed by atoms with Gasteiger partial charge in [0.15, 0.2) is 0 Å². The molecule has 2 aromatic carbocycles. The van der Waals surface area contributed by atoms with Gasteiger partial charge in [-0.1, -0.05) is 12.1 Å². The highest BCUT2D eigenvalue weighted by atomic mass is 32.2. The lowest BCUT2D eigenvalue weighted by atomic mass is 10.1. The second-order valence-corrected chi connectivity index (χ2v) is 9.06. The van der Waals surface area contributed by atoms with Crippen LogP contribution in [0.15, 0.2) is 41.3 Å². The summed E-state index contributed by atoms with van der Waals surface area (Å²) in [7, 11) is -3.78. The van der Waals surface area contributed by atoms with E-state index in [9.17, 15) is 13.2 Å². The minimum absolute atomic E-state index is 0.119. The van der Waals surface area contributed by atoms with Crippen LogP contribution in [-0.4, -0.2) is 25.9 Å². The van der Waals surface area contributed by atoms with Crippen molar-refractivity contribution in [3.63, 3.8) is 0 Å². The average molecular weight is 390 g/mol. The number of thiazole rings is 1. The summed E-state index contributed by atoms with van der Waals surface area (Å²) in [5.74, 6) is -0.419. The van der Waals surface area contributed by atoms with Gasteiger partial charge in [0.2, 0.25) is 15.9 Å². The van der Waals surface area contributed by atoms with Crippen LogP contribution in [0.1, 0.15) is 16.1 Å². The number of sulfonamides is 1. The molecule has 0 aliphatic rings. The van der Waals surface area contributed by atoms with Gasteiger partial charge in [-0.15, -0.1) is 11.3 Å². The van der Waals surface area contributed by atoms with Gasteiger partial charge >= 0.3 is 0 Å². The van der Waals surface area contributed by atoms with Crippen LogP contribution >= 0.6 is 11.3 Å². The third-order valence-electron chi connectivity index (χ3n) is 3.87. The molecule has 3 rings (SSSR count). The van der Waals surface area contributed by atoms with Crippen LogP contribution < -0.4 is 10.0 Å². The number of nitrogens with zero attached hydrogens (tertiary/aromatic N) is 1. The van der Waals surface area contributed by atoms with Crippen molar-refractivity contribution in [2.24, 2.45) is 0 Å². The van der Waals surface area contributed by atoms with Crippen molar-refractivity contribution in [2.45, 2.75) is 25.7 Å². The topological polar surface area (TPSA) is 88.2 Å². The van der Waals surface area contributed by atoms with Gasteiger partial charge in [0.25, 0.3) is 0 Å². The third kappa shape index (κ3) is 4.09. The molecule has 8 heteroatoms. The van der Waals surface area contributed by atoms with E-state index in [1.807, 2.05) is 39.0 Å². The minimum Gasteiger partial charge on any atom is -0.325 e. The molecule has 0 fully saturated rings. The molecule has 0 radical (unpaired) electrons. The number of fused-ring (bicyclic) bond motifs is 1. The molecular formula is C18H19N3O3S2. The average Bonchev–Trinajstić information content (AvgIpc) is 2.95. The Kier molecular flexibility index (Phi) is 5.08. The fourth-order valence-electron chi connectivity index (χ4n) is 2.50. The largest absolute Gasteiger partial charge is 0.325 e. The van der Waals surface area contributed by atoms with Crippen LogP contribution in [0.4, 0.5) is 5.69 Å². The van der Waals surface area contributed by atoms with Crippen molar-refractivity contribution in [3.8, 4) is 0 Å². The molecule has 0 aliphatic heterocycles. The standard InChI is InChI=1S/C18H19N3O3S2/c1-11-4-5-12(2)16(8-11)21-18(22)10-19-26(23,24)14-6-7-15-17(9-14)25-13(3)20-15/h4-9,19H,10H2,1-3H3,(H,21,22). The van der Waals surface area contributed by atoms with E-state index < -0.39 is 15.9 Å². The molecular weight excluding hydrogens is 370 g/mol. The molecule has 0 saturated carbocycles. The highest BCUT2D eigenvalue weighted by molar-refractivity contribution is 7.89. The van der Waals surface area contributed by atoms with E-state index in [1.165, 1.54) is 17.4 Å². The lowest BCUT2D eigenvalue weighted by Crippen LogP contribution is -2.33. The number of benzene rings is 2. The summed E-state index contributed by atoms with van der Waals surface area (Å²) in [4.78, 5) is 16.6. The Hall–Kier alpha value is -2.29. The van der Waals surface area contributed by atoms with Gasteiger partial charge in [0, 0.05) is 5.69 Å². The van der Waals surface area contributed by atoms with Crippen LogP contribution in [0.5, 0.6) is 0 Å². The number of amides is 1. The highest BCUT2D eigenvalue weighted by Gasteiger charge is 2.17. The molecule has 1 heterocycles. The zero-order chi connectivity index (χ0) is 18.9. The Morgan fingerprint density at radius 3 is 2.65 bits per heavy atom. The van der Waals surface area contributed by atoms with E-state index in [-0.39, 0.29) is 11.4 Å². The van der Waals surface area contributed by atoms with Crippen LogP contribution in [-0.2, 0) is 14.8 Å². The van der Waals surface area contributed by atoms with Gasteiger partial charge in [-0.3, -0.25) is 4.79 Å². The maximum absolute atomic E-state index is 12.5. The SMILES string of the molecule is Cc1ccc(C)c(NC(=O)CNS(=O)(=O)c2ccc3nc(C)sc3c2)c1. The normalized spacial score (nSPS) is 11.7. The molecule has 6 nitrogen and oxygen atoms in total. The highest BCUT2D eigenvalue weighted by Crippen LogP contribution is 2.24. The third-order valence-corrected chi connectivity index (χ3v) is 6.20. The van der Waals surface area contributed by atoms with Gasteiger partial charge < -0.3 is 5.32 Å². The maximum atomic E-state index is 12.5. The quantitative estimate of drug-likeness (QED) is 0.702. The number of nitrogens with one attached hydrogen (secondary N) is 2. The Labute approximate surface area is 156 Å². The van der Waals surface area contributed by atoms with Crippen LogP contribution in [0.2, 0.25) is 0 Å². The van der Waals surface area contributed by atoms with E-state index in [0.717, 1.165) is 26.4 Å². The lowest BCUT2D eigenvalue weighted by Gasteiger charge is -2.10. The molecule has 0 spiro atoms. The number of rotatable bonds is 5. The lowest BCUT2D eigenvalue weighted by molar-refractivity contribution is -0.115. The molecule has 3 aromatic rings. The monoisotopic (exact) mass is 389 g/mol. The van der Waals surface area contributed by atoms with Crippen LogP contribution in [0.25, 0.3) is 10.2 Å². The van der Waals surface area contributed by atoms with E-state index in [1.54, 1.807) is 12.1 Å². The molecule has 2 N–H and O–H groups in total. The van der Waals surface area contributed by atoms with E-state index in [4.69, 9.17) is 0 Å². The second kappa shape index (κ2) is 7.14. The Morgan fingerprint density at radius 1 is 1.12 bits per heavy atom. The van der Waals surface area contributed by atoms with Crippen molar-refractivity contribution in [2.75, 3.05) is 11.9 Å². The van der Waals surface area contributed by atoms with Crippen molar-refractivity contribution in [1.29, 1.82) is 0 Å². The zero-order valence-electron chi connectivity index (χ0n) is 14.7. The van der Waals surface area contributed by atoms with Crippen molar-refractivity contribution in [1.82, 2.24) is 9.71 Å².